The van der Waals surface area contributed by atoms with Gasteiger partial charge in [0.25, 0.3) is 0 Å². The molecule has 0 spiro atoms. The lowest BCUT2D eigenvalue weighted by Crippen LogP contribution is -2.34. The largest absolute Gasteiger partial charge is 0.348 e. The number of halogens is 1. The predicted octanol–water partition coefficient (Wildman–Crippen LogP) is 1.92. The Bertz CT molecular complexity index is 592. The Labute approximate surface area is 119 Å². The summed E-state index contributed by atoms with van der Waals surface area (Å²) in [7, 11) is 0. The smallest absolute Gasteiger partial charge is 0.231 e. The van der Waals surface area contributed by atoms with Crippen LogP contribution in [0.1, 0.15) is 24.2 Å². The van der Waals surface area contributed by atoms with E-state index in [0.29, 0.717) is 12.4 Å². The van der Waals surface area contributed by atoms with Crippen LogP contribution in [-0.4, -0.2) is 21.1 Å². The van der Waals surface area contributed by atoms with Gasteiger partial charge in [0.05, 0.1) is 12.0 Å². The minimum atomic E-state index is -0.357. The van der Waals surface area contributed by atoms with E-state index in [1.54, 1.807) is 0 Å². The zero-order chi connectivity index (χ0) is 13.3. The molecule has 1 saturated carbocycles. The summed E-state index contributed by atoms with van der Waals surface area (Å²) in [6, 6.07) is 7.95. The molecule has 1 fully saturated rings. The lowest BCUT2D eigenvalue weighted by Gasteiger charge is -2.15. The number of amides is 1. The molecule has 1 heterocycles. The van der Waals surface area contributed by atoms with Crippen molar-refractivity contribution in [2.75, 3.05) is 0 Å². The summed E-state index contributed by atoms with van der Waals surface area (Å²) in [4.78, 5) is 16.3. The summed E-state index contributed by atoms with van der Waals surface area (Å²) < 4.78 is 0.999. The van der Waals surface area contributed by atoms with Gasteiger partial charge in [-0.15, -0.1) is 0 Å². The second-order valence-corrected chi connectivity index (χ2v) is 5.62. The van der Waals surface area contributed by atoms with Crippen molar-refractivity contribution in [1.82, 2.24) is 20.5 Å². The second-order valence-electron chi connectivity index (χ2n) is 4.71. The first kappa shape index (κ1) is 12.3. The number of carbonyl (C=O) groups is 1. The molecule has 0 atom stereocenters. The van der Waals surface area contributed by atoms with Crippen LogP contribution in [0.5, 0.6) is 0 Å². The molecule has 0 bridgehead atoms. The topological polar surface area (TPSA) is 70.7 Å². The summed E-state index contributed by atoms with van der Waals surface area (Å²) in [6.07, 6.45) is 3.22. The summed E-state index contributed by atoms with van der Waals surface area (Å²) in [5.74, 6) is 0.723. The van der Waals surface area contributed by atoms with Gasteiger partial charge in [-0.3, -0.25) is 9.89 Å². The van der Waals surface area contributed by atoms with Gasteiger partial charge < -0.3 is 5.32 Å². The zero-order valence-electron chi connectivity index (χ0n) is 10.2. The molecule has 6 heteroatoms. The van der Waals surface area contributed by atoms with Gasteiger partial charge in [-0.25, -0.2) is 4.98 Å². The summed E-state index contributed by atoms with van der Waals surface area (Å²) in [6.45, 7) is 0.384. The highest BCUT2D eigenvalue weighted by Gasteiger charge is 2.51. The number of nitrogens with zero attached hydrogens (tertiary/aromatic N) is 2. The number of hydrogen-bond donors (Lipinski definition) is 2. The van der Waals surface area contributed by atoms with E-state index in [1.807, 2.05) is 24.3 Å². The second kappa shape index (κ2) is 4.77. The first-order valence-electron chi connectivity index (χ1n) is 6.09. The molecule has 1 amide bonds. The predicted molar refractivity (Wildman–Crippen MR) is 73.3 cm³/mol. The monoisotopic (exact) mass is 320 g/mol. The fourth-order valence-corrected chi connectivity index (χ4v) is 2.61. The molecule has 19 heavy (non-hydrogen) atoms. The minimum absolute atomic E-state index is 0.0574. The Kier molecular flexibility index (Phi) is 3.10. The zero-order valence-corrected chi connectivity index (χ0v) is 11.8. The van der Waals surface area contributed by atoms with E-state index in [9.17, 15) is 4.79 Å². The van der Waals surface area contributed by atoms with Crippen molar-refractivity contribution in [3.63, 3.8) is 0 Å². The normalized spacial score (nSPS) is 16.1. The summed E-state index contributed by atoms with van der Waals surface area (Å²) >= 11 is 3.45. The van der Waals surface area contributed by atoms with Crippen LogP contribution in [-0.2, 0) is 16.8 Å². The van der Waals surface area contributed by atoms with Crippen LogP contribution in [0.15, 0.2) is 35.1 Å². The lowest BCUT2D eigenvalue weighted by atomic mass is 9.95. The number of aromatic amines is 1. The molecular formula is C13H13BrN4O. The fraction of sp³-hybridized carbons (Fsp3) is 0.308. The number of hydrogen-bond acceptors (Lipinski definition) is 3. The van der Waals surface area contributed by atoms with Crippen LogP contribution in [0.25, 0.3) is 0 Å². The average molecular weight is 321 g/mol. The number of aromatic nitrogens is 3. The maximum atomic E-state index is 12.3. The third-order valence-corrected chi connectivity index (χ3v) is 3.94. The van der Waals surface area contributed by atoms with Crippen LogP contribution in [0.2, 0.25) is 0 Å². The fourth-order valence-electron chi connectivity index (χ4n) is 2.21. The molecule has 3 rings (SSSR count). The molecule has 1 aliphatic rings. The highest BCUT2D eigenvalue weighted by Crippen LogP contribution is 2.48. The van der Waals surface area contributed by atoms with Crippen molar-refractivity contribution >= 4 is 21.8 Å². The van der Waals surface area contributed by atoms with Gasteiger partial charge in [0.1, 0.15) is 12.2 Å². The Balaban J connectivity index is 1.72. The van der Waals surface area contributed by atoms with Gasteiger partial charge in [0.15, 0.2) is 0 Å². The van der Waals surface area contributed by atoms with Gasteiger partial charge >= 0.3 is 0 Å². The molecule has 1 aromatic heterocycles. The Hall–Kier alpha value is -1.69. The molecule has 5 nitrogen and oxygen atoms in total. The van der Waals surface area contributed by atoms with E-state index in [2.05, 4.69) is 36.4 Å². The van der Waals surface area contributed by atoms with Crippen molar-refractivity contribution in [2.24, 2.45) is 0 Å². The summed E-state index contributed by atoms with van der Waals surface area (Å²) in [5, 5.41) is 9.40. The van der Waals surface area contributed by atoms with E-state index in [-0.39, 0.29) is 11.3 Å². The van der Waals surface area contributed by atoms with Gasteiger partial charge in [0.2, 0.25) is 5.91 Å². The van der Waals surface area contributed by atoms with Crippen LogP contribution < -0.4 is 5.32 Å². The Morgan fingerprint density at radius 1 is 1.47 bits per heavy atom. The van der Waals surface area contributed by atoms with Gasteiger partial charge in [-0.2, -0.15) is 5.10 Å². The lowest BCUT2D eigenvalue weighted by molar-refractivity contribution is -0.123. The quantitative estimate of drug-likeness (QED) is 0.904. The van der Waals surface area contributed by atoms with E-state index in [0.717, 1.165) is 22.9 Å². The maximum absolute atomic E-state index is 12.3. The van der Waals surface area contributed by atoms with E-state index in [1.165, 1.54) is 6.33 Å². The van der Waals surface area contributed by atoms with Crippen LogP contribution in [0, 0.1) is 0 Å². The van der Waals surface area contributed by atoms with Crippen molar-refractivity contribution < 1.29 is 4.79 Å². The van der Waals surface area contributed by atoms with E-state index < -0.39 is 0 Å². The van der Waals surface area contributed by atoms with E-state index in [4.69, 9.17) is 0 Å². The number of H-pyrrole nitrogens is 1. The molecule has 1 aliphatic carbocycles. The van der Waals surface area contributed by atoms with Crippen molar-refractivity contribution in [3.8, 4) is 0 Å². The van der Waals surface area contributed by atoms with Gasteiger partial charge in [0, 0.05) is 4.47 Å². The molecule has 0 unspecified atom stereocenters. The van der Waals surface area contributed by atoms with Crippen LogP contribution in [0.3, 0.4) is 0 Å². The Morgan fingerprint density at radius 3 is 2.95 bits per heavy atom. The molecule has 0 radical (unpaired) electrons. The third kappa shape index (κ3) is 2.40. The van der Waals surface area contributed by atoms with Gasteiger partial charge in [-0.05, 0) is 30.5 Å². The standard InChI is InChI=1S/C13H13BrN4O/c14-10-3-1-2-9(6-10)13(4-5-13)12(19)15-7-11-16-8-17-18-11/h1-3,6,8H,4-5,7H2,(H,15,19)(H,16,17,18). The van der Waals surface area contributed by atoms with E-state index >= 15 is 0 Å². The molecule has 1 aromatic carbocycles. The highest BCUT2D eigenvalue weighted by molar-refractivity contribution is 9.10. The average Bonchev–Trinajstić information content (AvgIpc) is 3.06. The first-order chi connectivity index (χ1) is 9.21. The Morgan fingerprint density at radius 2 is 2.32 bits per heavy atom. The number of rotatable bonds is 4. The molecule has 2 N–H and O–H groups in total. The van der Waals surface area contributed by atoms with Gasteiger partial charge in [-0.1, -0.05) is 28.1 Å². The SMILES string of the molecule is O=C(NCc1ncn[nH]1)C1(c2cccc(Br)c2)CC1. The number of nitrogens with one attached hydrogen (secondary N) is 2. The van der Waals surface area contributed by atoms with Crippen LogP contribution >= 0.6 is 15.9 Å². The van der Waals surface area contributed by atoms with Crippen molar-refractivity contribution in [1.29, 1.82) is 0 Å². The number of benzene rings is 1. The highest BCUT2D eigenvalue weighted by atomic mass is 79.9. The van der Waals surface area contributed by atoms with Crippen molar-refractivity contribution in [3.05, 3.63) is 46.5 Å². The summed E-state index contributed by atoms with van der Waals surface area (Å²) in [5.41, 5.74) is 0.709. The molecule has 2 aromatic rings. The maximum Gasteiger partial charge on any atom is 0.231 e. The molecular weight excluding hydrogens is 308 g/mol. The molecule has 0 aliphatic heterocycles. The third-order valence-electron chi connectivity index (χ3n) is 3.44. The first-order valence-corrected chi connectivity index (χ1v) is 6.89. The minimum Gasteiger partial charge on any atom is -0.348 e. The molecule has 0 saturated heterocycles. The van der Waals surface area contributed by atoms with Crippen molar-refractivity contribution in [2.45, 2.75) is 24.8 Å². The molecule has 98 valence electrons. The van der Waals surface area contributed by atoms with Crippen LogP contribution in [0.4, 0.5) is 0 Å². The number of carbonyl (C=O) groups excluding carboxylic acids is 1.